The molecule has 1 amide bonds. The molecule has 2 aliphatic rings. The molecule has 2 N–H and O–H groups in total. The van der Waals surface area contributed by atoms with Gasteiger partial charge in [-0.15, -0.1) is 6.58 Å². The maximum atomic E-state index is 14.5. The van der Waals surface area contributed by atoms with Crippen molar-refractivity contribution in [1.29, 1.82) is 0 Å². The van der Waals surface area contributed by atoms with E-state index in [-0.39, 0.29) is 11.3 Å². The van der Waals surface area contributed by atoms with Crippen molar-refractivity contribution in [3.05, 3.63) is 42.2 Å². The summed E-state index contributed by atoms with van der Waals surface area (Å²) in [4.78, 5) is 15.0. The highest BCUT2D eigenvalue weighted by Crippen LogP contribution is 2.40. The van der Waals surface area contributed by atoms with E-state index in [2.05, 4.69) is 16.8 Å². The summed E-state index contributed by atoms with van der Waals surface area (Å²) in [6.07, 6.45) is 2.76. The predicted octanol–water partition coefficient (Wildman–Crippen LogP) is 2.12. The number of nitrogens with one attached hydrogen (secondary N) is 1. The molecule has 1 aromatic carbocycles. The molecule has 6 nitrogen and oxygen atoms in total. The quantitative estimate of drug-likeness (QED) is 0.752. The Morgan fingerprint density at radius 1 is 1.46 bits per heavy atom. The van der Waals surface area contributed by atoms with Gasteiger partial charge >= 0.3 is 0 Å². The summed E-state index contributed by atoms with van der Waals surface area (Å²) in [6.45, 7) is 8.37. The lowest BCUT2D eigenvalue weighted by atomic mass is 9.73. The molecule has 2 fully saturated rings. The lowest BCUT2D eigenvalue weighted by Crippen LogP contribution is -2.69. The molecule has 3 rings (SSSR count). The first-order chi connectivity index (χ1) is 13.3. The van der Waals surface area contributed by atoms with Crippen LogP contribution >= 0.6 is 0 Å². The number of halogens is 1. The fourth-order valence-corrected chi connectivity index (χ4v) is 4.28. The molecule has 2 aliphatic heterocycles. The summed E-state index contributed by atoms with van der Waals surface area (Å²) in [5.41, 5.74) is -1.72. The number of aliphatic hydroxyl groups excluding tert-OH is 1. The van der Waals surface area contributed by atoms with Gasteiger partial charge in [0.2, 0.25) is 0 Å². The van der Waals surface area contributed by atoms with Crippen molar-refractivity contribution in [2.24, 2.45) is 0 Å². The molecule has 0 saturated carbocycles. The Kier molecular flexibility index (Phi) is 6.07. The smallest absolute Gasteiger partial charge is 0.254 e. The van der Waals surface area contributed by atoms with Gasteiger partial charge in [-0.2, -0.15) is 0 Å². The number of likely N-dealkylation sites (tertiary alicyclic amines) is 1. The zero-order valence-corrected chi connectivity index (χ0v) is 16.5. The zero-order chi connectivity index (χ0) is 20.4. The standard InChI is InChI=1S/C21H29FN2O4/c1-4-11-24-12-8-21(9-13-24)19(26)20(2,10-14-28-21)23-18(25)15-6-5-7-16(27-3)17(15)22/h4-7,19,26H,1,8-14H2,2-3H3,(H,23,25)/t19-,20+/m1/s1. The van der Waals surface area contributed by atoms with E-state index < -0.39 is 29.0 Å². The number of aliphatic hydroxyl groups is 1. The number of hydrogen-bond donors (Lipinski definition) is 2. The van der Waals surface area contributed by atoms with Gasteiger partial charge in [-0.25, -0.2) is 4.39 Å². The molecule has 0 bridgehead atoms. The van der Waals surface area contributed by atoms with Crippen LogP contribution in [0.4, 0.5) is 4.39 Å². The van der Waals surface area contributed by atoms with Crippen LogP contribution in [0.3, 0.4) is 0 Å². The van der Waals surface area contributed by atoms with Crippen molar-refractivity contribution in [3.8, 4) is 5.75 Å². The minimum absolute atomic E-state index is 0.0105. The number of piperidine rings is 1. The first-order valence-electron chi connectivity index (χ1n) is 9.65. The van der Waals surface area contributed by atoms with Gasteiger partial charge in [-0.05, 0) is 38.3 Å². The fraction of sp³-hybridized carbons (Fsp3) is 0.571. The number of benzene rings is 1. The third kappa shape index (κ3) is 3.79. The first kappa shape index (κ1) is 20.8. The summed E-state index contributed by atoms with van der Waals surface area (Å²) < 4.78 is 25.5. The molecule has 1 aromatic rings. The number of ether oxygens (including phenoxy) is 2. The number of amides is 1. The van der Waals surface area contributed by atoms with Crippen LogP contribution in [-0.2, 0) is 4.74 Å². The van der Waals surface area contributed by atoms with Gasteiger partial charge in [0.05, 0.1) is 23.8 Å². The van der Waals surface area contributed by atoms with Gasteiger partial charge in [0.15, 0.2) is 11.6 Å². The van der Waals surface area contributed by atoms with E-state index in [9.17, 15) is 14.3 Å². The summed E-state index contributed by atoms with van der Waals surface area (Å²) in [6, 6.07) is 4.44. The highest BCUT2D eigenvalue weighted by atomic mass is 19.1. The van der Waals surface area contributed by atoms with Crippen LogP contribution in [-0.4, -0.2) is 66.5 Å². The minimum Gasteiger partial charge on any atom is -0.494 e. The van der Waals surface area contributed by atoms with E-state index >= 15 is 0 Å². The Bertz CT molecular complexity index is 733. The predicted molar refractivity (Wildman–Crippen MR) is 104 cm³/mol. The van der Waals surface area contributed by atoms with E-state index in [1.807, 2.05) is 6.08 Å². The second-order valence-electron chi connectivity index (χ2n) is 7.85. The van der Waals surface area contributed by atoms with Crippen LogP contribution < -0.4 is 10.1 Å². The van der Waals surface area contributed by atoms with E-state index in [0.717, 1.165) is 19.6 Å². The number of rotatable bonds is 5. The Hall–Kier alpha value is -1.96. The molecular formula is C21H29FN2O4. The second kappa shape index (κ2) is 8.19. The number of nitrogens with zero attached hydrogens (tertiary/aromatic N) is 1. The average molecular weight is 392 g/mol. The summed E-state index contributed by atoms with van der Waals surface area (Å²) in [5, 5.41) is 14.1. The van der Waals surface area contributed by atoms with Gasteiger partial charge in [0.25, 0.3) is 5.91 Å². The molecule has 0 aliphatic carbocycles. The zero-order valence-electron chi connectivity index (χ0n) is 16.5. The fourth-order valence-electron chi connectivity index (χ4n) is 4.28. The van der Waals surface area contributed by atoms with Crippen LogP contribution in [0.1, 0.15) is 36.5 Å². The molecule has 28 heavy (non-hydrogen) atoms. The van der Waals surface area contributed by atoms with Crippen LogP contribution in [0.2, 0.25) is 0 Å². The highest BCUT2D eigenvalue weighted by Gasteiger charge is 2.53. The van der Waals surface area contributed by atoms with Gasteiger partial charge < -0.3 is 19.9 Å². The van der Waals surface area contributed by atoms with Crippen LogP contribution in [0.15, 0.2) is 30.9 Å². The van der Waals surface area contributed by atoms with Gasteiger partial charge in [-0.3, -0.25) is 9.69 Å². The minimum atomic E-state index is -0.911. The van der Waals surface area contributed by atoms with Crippen LogP contribution in [0, 0.1) is 5.82 Å². The van der Waals surface area contributed by atoms with E-state index in [4.69, 9.17) is 9.47 Å². The van der Waals surface area contributed by atoms with Crippen molar-refractivity contribution in [2.75, 3.05) is 33.4 Å². The molecule has 154 valence electrons. The second-order valence-corrected chi connectivity index (χ2v) is 7.85. The highest BCUT2D eigenvalue weighted by molar-refractivity contribution is 5.95. The number of carbonyl (C=O) groups is 1. The molecule has 0 aromatic heterocycles. The van der Waals surface area contributed by atoms with Crippen molar-refractivity contribution in [1.82, 2.24) is 10.2 Å². The molecule has 0 unspecified atom stereocenters. The van der Waals surface area contributed by atoms with E-state index in [1.54, 1.807) is 13.0 Å². The van der Waals surface area contributed by atoms with Crippen molar-refractivity contribution in [3.63, 3.8) is 0 Å². The number of hydrogen-bond acceptors (Lipinski definition) is 5. The lowest BCUT2D eigenvalue weighted by Gasteiger charge is -2.53. The van der Waals surface area contributed by atoms with Crippen LogP contribution in [0.25, 0.3) is 0 Å². The monoisotopic (exact) mass is 392 g/mol. The molecular weight excluding hydrogens is 363 g/mol. The number of carbonyl (C=O) groups excluding carboxylic acids is 1. The molecule has 1 spiro atoms. The van der Waals surface area contributed by atoms with Crippen molar-refractivity contribution >= 4 is 5.91 Å². The first-order valence-corrected chi connectivity index (χ1v) is 9.65. The molecule has 2 heterocycles. The Balaban J connectivity index is 1.76. The summed E-state index contributed by atoms with van der Waals surface area (Å²) in [5.74, 6) is -1.27. The van der Waals surface area contributed by atoms with Crippen molar-refractivity contribution < 1.29 is 23.8 Å². The SMILES string of the molecule is C=CCN1CCC2(CC1)OCC[C@](C)(NC(=O)c1cccc(OC)c1F)[C@H]2O. The third-order valence-electron chi connectivity index (χ3n) is 6.03. The maximum Gasteiger partial charge on any atom is 0.254 e. The molecule has 2 saturated heterocycles. The summed E-state index contributed by atoms with van der Waals surface area (Å²) in [7, 11) is 1.35. The lowest BCUT2D eigenvalue weighted by molar-refractivity contribution is -0.205. The van der Waals surface area contributed by atoms with Gasteiger partial charge in [0.1, 0.15) is 6.10 Å². The Morgan fingerprint density at radius 3 is 2.82 bits per heavy atom. The summed E-state index contributed by atoms with van der Waals surface area (Å²) >= 11 is 0. The van der Waals surface area contributed by atoms with Crippen LogP contribution in [0.5, 0.6) is 5.75 Å². The van der Waals surface area contributed by atoms with Gasteiger partial charge in [-0.1, -0.05) is 12.1 Å². The third-order valence-corrected chi connectivity index (χ3v) is 6.03. The topological polar surface area (TPSA) is 71.0 Å². The maximum absolute atomic E-state index is 14.5. The van der Waals surface area contributed by atoms with Crippen molar-refractivity contribution in [2.45, 2.75) is 43.4 Å². The number of methoxy groups -OCH3 is 1. The molecule has 7 heteroatoms. The largest absolute Gasteiger partial charge is 0.494 e. The molecule has 2 atom stereocenters. The van der Waals surface area contributed by atoms with E-state index in [0.29, 0.717) is 25.9 Å². The Labute approximate surface area is 165 Å². The van der Waals surface area contributed by atoms with E-state index in [1.165, 1.54) is 19.2 Å². The Morgan fingerprint density at radius 2 is 2.18 bits per heavy atom. The van der Waals surface area contributed by atoms with Gasteiger partial charge in [0, 0.05) is 26.2 Å². The average Bonchev–Trinajstić information content (AvgIpc) is 2.68. The molecule has 0 radical (unpaired) electrons. The normalized spacial score (nSPS) is 27.4.